The second-order valence-electron chi connectivity index (χ2n) is 1.91. The number of rotatable bonds is 3. The second kappa shape index (κ2) is 5.89. The number of aliphatic carboxylic acids is 1. The Morgan fingerprint density at radius 1 is 1.50 bits per heavy atom. The van der Waals surface area contributed by atoms with Gasteiger partial charge in [-0.05, 0) is 13.3 Å². The summed E-state index contributed by atoms with van der Waals surface area (Å²) < 4.78 is 0. The minimum absolute atomic E-state index is 0. The fourth-order valence-corrected chi connectivity index (χ4v) is 0.636. The predicted molar refractivity (Wildman–Crippen MR) is 39.2 cm³/mol. The molecule has 0 amide bonds. The molecule has 10 heavy (non-hydrogen) atoms. The molecule has 1 N–H and O–H groups in total. The molecule has 0 aromatic heterocycles. The summed E-state index contributed by atoms with van der Waals surface area (Å²) in [5, 5.41) is 8.32. The molecule has 4 heteroatoms. The fraction of sp³-hybridized carbons (Fsp3) is 0.667. The van der Waals surface area contributed by atoms with Gasteiger partial charge in [0.2, 0.25) is 0 Å². The molecule has 1 unspecified atom stereocenters. The van der Waals surface area contributed by atoms with Crippen LogP contribution in [0.15, 0.2) is 0 Å². The third-order valence-corrected chi connectivity index (χ3v) is 1.20. The van der Waals surface area contributed by atoms with Crippen LogP contribution < -0.4 is 0 Å². The Balaban J connectivity index is 0. The molecule has 54 valence electrons. The Morgan fingerprint density at radius 2 is 1.90 bits per heavy atom. The summed E-state index contributed by atoms with van der Waals surface area (Å²) in [6, 6.07) is 0. The van der Waals surface area contributed by atoms with E-state index in [0.29, 0.717) is 6.42 Å². The van der Waals surface area contributed by atoms with E-state index in [2.05, 4.69) is 0 Å². The van der Waals surface area contributed by atoms with E-state index in [1.807, 2.05) is 0 Å². The molecule has 0 saturated carbocycles. The van der Waals surface area contributed by atoms with Gasteiger partial charge < -0.3 is 5.11 Å². The number of carboxylic acids is 1. The van der Waals surface area contributed by atoms with Gasteiger partial charge in [0.05, 0.1) is 0 Å². The van der Waals surface area contributed by atoms with Crippen LogP contribution in [0.5, 0.6) is 0 Å². The Morgan fingerprint density at radius 3 is 1.90 bits per heavy atom. The first kappa shape index (κ1) is 12.8. The maximum absolute atomic E-state index is 10.4. The summed E-state index contributed by atoms with van der Waals surface area (Å²) in [5.74, 6) is -2.10. The molecule has 0 saturated heterocycles. The van der Waals surface area contributed by atoms with Crippen LogP contribution in [0.2, 0.25) is 0 Å². The summed E-state index contributed by atoms with van der Waals surface area (Å²) in [4.78, 5) is 20.6. The monoisotopic (exact) mass is 154 g/mol. The first-order valence-corrected chi connectivity index (χ1v) is 2.82. The average Bonchev–Trinajstić information content (AvgIpc) is 1.64. The van der Waals surface area contributed by atoms with Crippen LogP contribution in [0, 0.1) is 5.92 Å². The summed E-state index contributed by atoms with van der Waals surface area (Å²) >= 11 is 0. The standard InChI is InChI=1S/C6H10O3.Na.H/c1-3-5(4(2)7)6(8)9;;/h5H,3H2,1-2H3,(H,8,9);;. The molecule has 0 bridgehead atoms. The van der Waals surface area contributed by atoms with Gasteiger partial charge in [-0.3, -0.25) is 9.59 Å². The van der Waals surface area contributed by atoms with E-state index in [9.17, 15) is 9.59 Å². The third kappa shape index (κ3) is 4.04. The van der Waals surface area contributed by atoms with Crippen molar-refractivity contribution in [1.29, 1.82) is 0 Å². The molecule has 0 fully saturated rings. The van der Waals surface area contributed by atoms with Gasteiger partial charge in [0.1, 0.15) is 11.7 Å². The van der Waals surface area contributed by atoms with E-state index in [1.54, 1.807) is 6.92 Å². The third-order valence-electron chi connectivity index (χ3n) is 1.20. The fourth-order valence-electron chi connectivity index (χ4n) is 0.636. The van der Waals surface area contributed by atoms with Crippen LogP contribution in [0.1, 0.15) is 20.3 Å². The number of ketones is 1. The van der Waals surface area contributed by atoms with Crippen LogP contribution in [-0.2, 0) is 9.59 Å². The van der Waals surface area contributed by atoms with Crippen molar-refractivity contribution in [3.05, 3.63) is 0 Å². The quantitative estimate of drug-likeness (QED) is 0.461. The number of hydrogen-bond donors (Lipinski definition) is 1. The Bertz CT molecular complexity index is 119. The van der Waals surface area contributed by atoms with Crippen molar-refractivity contribution in [2.45, 2.75) is 20.3 Å². The molecule has 0 rings (SSSR count). The van der Waals surface area contributed by atoms with Gasteiger partial charge in [-0.1, -0.05) is 6.92 Å². The van der Waals surface area contributed by atoms with E-state index >= 15 is 0 Å². The molecule has 0 aliphatic rings. The van der Waals surface area contributed by atoms with Crippen molar-refractivity contribution in [3.8, 4) is 0 Å². The van der Waals surface area contributed by atoms with E-state index in [0.717, 1.165) is 0 Å². The van der Waals surface area contributed by atoms with Gasteiger partial charge in [-0.15, -0.1) is 0 Å². The van der Waals surface area contributed by atoms with Crippen LogP contribution in [0.4, 0.5) is 0 Å². The number of carbonyl (C=O) groups is 2. The number of carbonyl (C=O) groups excluding carboxylic acids is 1. The molecular weight excluding hydrogens is 143 g/mol. The van der Waals surface area contributed by atoms with Crippen molar-refractivity contribution in [2.75, 3.05) is 0 Å². The van der Waals surface area contributed by atoms with Crippen molar-refractivity contribution in [3.63, 3.8) is 0 Å². The van der Waals surface area contributed by atoms with Crippen LogP contribution in [-0.4, -0.2) is 46.4 Å². The van der Waals surface area contributed by atoms with Crippen LogP contribution in [0.3, 0.4) is 0 Å². The minimum atomic E-state index is -1.02. The molecule has 0 aliphatic heterocycles. The first-order chi connectivity index (χ1) is 4.09. The normalized spacial score (nSPS) is 11.4. The zero-order valence-corrected chi connectivity index (χ0v) is 5.55. The predicted octanol–water partition coefficient (Wildman–Crippen LogP) is 0.0377. The summed E-state index contributed by atoms with van der Waals surface area (Å²) in [6.07, 6.45) is 0.380. The van der Waals surface area contributed by atoms with E-state index in [4.69, 9.17) is 5.11 Å². The second-order valence-corrected chi connectivity index (χ2v) is 1.91. The van der Waals surface area contributed by atoms with E-state index in [1.165, 1.54) is 6.92 Å². The van der Waals surface area contributed by atoms with Gasteiger partial charge in [-0.25, -0.2) is 0 Å². The van der Waals surface area contributed by atoms with Gasteiger partial charge >= 0.3 is 35.5 Å². The molecule has 0 aromatic carbocycles. The SMILES string of the molecule is CCC(C(C)=O)C(=O)O.[NaH]. The Kier molecular flexibility index (Phi) is 7.53. The van der Waals surface area contributed by atoms with E-state index < -0.39 is 11.9 Å². The maximum atomic E-state index is 10.4. The van der Waals surface area contributed by atoms with E-state index in [-0.39, 0.29) is 35.3 Å². The Hall–Kier alpha value is 0.140. The summed E-state index contributed by atoms with van der Waals surface area (Å²) in [6.45, 7) is 2.97. The van der Waals surface area contributed by atoms with Gasteiger partial charge in [0, 0.05) is 0 Å². The van der Waals surface area contributed by atoms with Crippen molar-refractivity contribution < 1.29 is 14.7 Å². The molecule has 0 spiro atoms. The first-order valence-electron chi connectivity index (χ1n) is 2.82. The molecule has 0 aliphatic carbocycles. The molecule has 0 radical (unpaired) electrons. The molecule has 0 aromatic rings. The van der Waals surface area contributed by atoms with Gasteiger partial charge in [0.15, 0.2) is 0 Å². The molecule has 0 heterocycles. The zero-order chi connectivity index (χ0) is 7.44. The summed E-state index contributed by atoms with van der Waals surface area (Å²) in [5.41, 5.74) is 0. The van der Waals surface area contributed by atoms with Crippen LogP contribution >= 0.6 is 0 Å². The average molecular weight is 154 g/mol. The van der Waals surface area contributed by atoms with Crippen molar-refractivity contribution >= 4 is 41.3 Å². The van der Waals surface area contributed by atoms with Gasteiger partial charge in [-0.2, -0.15) is 0 Å². The molecule has 1 atom stereocenters. The number of carboxylic acid groups (broad SMARTS) is 1. The van der Waals surface area contributed by atoms with Crippen molar-refractivity contribution in [1.82, 2.24) is 0 Å². The Labute approximate surface area is 82.1 Å². The van der Waals surface area contributed by atoms with Crippen molar-refractivity contribution in [2.24, 2.45) is 5.92 Å². The molecule has 3 nitrogen and oxygen atoms in total. The van der Waals surface area contributed by atoms with Gasteiger partial charge in [0.25, 0.3) is 0 Å². The molecular formula is C6H11NaO3. The zero-order valence-electron chi connectivity index (χ0n) is 5.55. The summed E-state index contributed by atoms with van der Waals surface area (Å²) in [7, 11) is 0. The topological polar surface area (TPSA) is 54.4 Å². The number of hydrogen-bond acceptors (Lipinski definition) is 2. The number of Topliss-reactive ketones (excluding diaryl/α,β-unsaturated/α-hetero) is 1. The van der Waals surface area contributed by atoms with Crippen LogP contribution in [0.25, 0.3) is 0 Å².